The van der Waals surface area contributed by atoms with Gasteiger partial charge in [0.05, 0.1) is 0 Å². The molecular weight excluding hydrogens is 362 g/mol. The molecule has 1 heterocycles. The summed E-state index contributed by atoms with van der Waals surface area (Å²) >= 11 is 0. The van der Waals surface area contributed by atoms with Gasteiger partial charge >= 0.3 is 6.03 Å². The van der Waals surface area contributed by atoms with E-state index in [1.165, 1.54) is 0 Å². The average molecular weight is 383 g/mol. The molecule has 0 saturated carbocycles. The molecule has 144 valence electrons. The van der Waals surface area contributed by atoms with E-state index < -0.39 is 0 Å². The molecule has 3 aromatic carbocycles. The van der Waals surface area contributed by atoms with Crippen molar-refractivity contribution >= 4 is 22.5 Å². The van der Waals surface area contributed by atoms with Gasteiger partial charge in [0.1, 0.15) is 12.4 Å². The number of rotatable bonds is 6. The Labute approximate surface area is 169 Å². The van der Waals surface area contributed by atoms with Crippen molar-refractivity contribution in [2.45, 2.75) is 13.2 Å². The van der Waals surface area contributed by atoms with Crippen molar-refractivity contribution in [2.24, 2.45) is 0 Å². The summed E-state index contributed by atoms with van der Waals surface area (Å²) in [6.07, 6.45) is 3.52. The number of carbonyl (C=O) groups excluding carboxylic acids is 1. The molecule has 0 aliphatic rings. The number of pyridine rings is 1. The minimum absolute atomic E-state index is 0.239. The highest BCUT2D eigenvalue weighted by molar-refractivity contribution is 5.93. The number of ether oxygens (including phenoxy) is 1. The molecule has 0 unspecified atom stereocenters. The molecule has 0 spiro atoms. The highest BCUT2D eigenvalue weighted by Crippen LogP contribution is 2.19. The van der Waals surface area contributed by atoms with Crippen LogP contribution in [0.4, 0.5) is 10.5 Å². The van der Waals surface area contributed by atoms with E-state index in [0.717, 1.165) is 33.3 Å². The lowest BCUT2D eigenvalue weighted by Crippen LogP contribution is -2.28. The summed E-state index contributed by atoms with van der Waals surface area (Å²) in [5.41, 5.74) is 2.77. The van der Waals surface area contributed by atoms with Crippen LogP contribution in [-0.2, 0) is 13.2 Å². The zero-order valence-electron chi connectivity index (χ0n) is 15.8. The molecule has 1 aromatic heterocycles. The zero-order chi connectivity index (χ0) is 19.9. The lowest BCUT2D eigenvalue weighted by Gasteiger charge is -2.10. The highest BCUT2D eigenvalue weighted by Gasteiger charge is 2.03. The van der Waals surface area contributed by atoms with E-state index in [0.29, 0.717) is 13.2 Å². The molecule has 0 atom stereocenters. The van der Waals surface area contributed by atoms with Crippen molar-refractivity contribution in [1.29, 1.82) is 0 Å². The van der Waals surface area contributed by atoms with Crippen molar-refractivity contribution in [3.63, 3.8) is 0 Å². The molecule has 0 fully saturated rings. The van der Waals surface area contributed by atoms with Crippen LogP contribution in [0.1, 0.15) is 11.1 Å². The van der Waals surface area contributed by atoms with Gasteiger partial charge < -0.3 is 15.4 Å². The first-order valence-electron chi connectivity index (χ1n) is 9.40. The maximum atomic E-state index is 12.2. The molecule has 0 bridgehead atoms. The Morgan fingerprint density at radius 3 is 2.48 bits per heavy atom. The summed E-state index contributed by atoms with van der Waals surface area (Å²) in [4.78, 5) is 16.3. The van der Waals surface area contributed by atoms with Gasteiger partial charge in [-0.1, -0.05) is 48.5 Å². The van der Waals surface area contributed by atoms with Crippen molar-refractivity contribution in [1.82, 2.24) is 10.3 Å². The second-order valence-corrected chi connectivity index (χ2v) is 6.66. The molecule has 4 aromatic rings. The van der Waals surface area contributed by atoms with Gasteiger partial charge in [0.15, 0.2) is 0 Å². The number of fused-ring (bicyclic) bond motifs is 1. The van der Waals surface area contributed by atoms with E-state index in [-0.39, 0.29) is 6.03 Å². The quantitative estimate of drug-likeness (QED) is 0.485. The van der Waals surface area contributed by atoms with E-state index in [4.69, 9.17) is 4.74 Å². The topological polar surface area (TPSA) is 63.2 Å². The van der Waals surface area contributed by atoms with Crippen molar-refractivity contribution < 1.29 is 9.53 Å². The van der Waals surface area contributed by atoms with E-state index in [1.807, 2.05) is 78.9 Å². The summed E-state index contributed by atoms with van der Waals surface area (Å²) in [7, 11) is 0. The van der Waals surface area contributed by atoms with Crippen LogP contribution >= 0.6 is 0 Å². The third-order valence-electron chi connectivity index (χ3n) is 4.51. The molecule has 5 nitrogen and oxygen atoms in total. The molecule has 0 saturated heterocycles. The zero-order valence-corrected chi connectivity index (χ0v) is 15.8. The van der Waals surface area contributed by atoms with Crippen molar-refractivity contribution in [2.75, 3.05) is 5.32 Å². The van der Waals surface area contributed by atoms with Gasteiger partial charge in [0, 0.05) is 30.2 Å². The Kier molecular flexibility index (Phi) is 5.67. The van der Waals surface area contributed by atoms with Gasteiger partial charge in [-0.15, -0.1) is 0 Å². The van der Waals surface area contributed by atoms with Gasteiger partial charge in [0.2, 0.25) is 0 Å². The molecule has 0 radical (unpaired) electrons. The largest absolute Gasteiger partial charge is 0.489 e. The minimum Gasteiger partial charge on any atom is -0.489 e. The summed E-state index contributed by atoms with van der Waals surface area (Å²) in [5, 5.41) is 7.98. The first-order chi connectivity index (χ1) is 14.3. The molecule has 2 N–H and O–H groups in total. The number of aromatic nitrogens is 1. The Balaban J connectivity index is 1.27. The first kappa shape index (κ1) is 18.5. The molecule has 4 rings (SSSR count). The molecule has 0 aliphatic heterocycles. The standard InChI is InChI=1S/C24H21N3O2/c28-24(27-22-10-9-20-5-1-2-6-21(20)14-22)26-16-18-7-11-23(12-8-18)29-17-19-4-3-13-25-15-19/h1-15H,16-17H2,(H2,26,27,28). The molecule has 2 amide bonds. The monoisotopic (exact) mass is 383 g/mol. The van der Waals surface area contributed by atoms with Crippen LogP contribution in [-0.4, -0.2) is 11.0 Å². The van der Waals surface area contributed by atoms with Gasteiger partial charge in [0.25, 0.3) is 0 Å². The minimum atomic E-state index is -0.239. The third kappa shape index (κ3) is 5.11. The first-order valence-corrected chi connectivity index (χ1v) is 9.40. The van der Waals surface area contributed by atoms with Gasteiger partial charge in [-0.05, 0) is 46.7 Å². The second kappa shape index (κ2) is 8.89. The number of nitrogens with one attached hydrogen (secondary N) is 2. The van der Waals surface area contributed by atoms with E-state index in [9.17, 15) is 4.79 Å². The summed E-state index contributed by atoms with van der Waals surface area (Å²) in [6.45, 7) is 0.905. The van der Waals surface area contributed by atoms with Crippen molar-refractivity contribution in [3.05, 3.63) is 102 Å². The Bertz CT molecular complexity index is 1100. The van der Waals surface area contributed by atoms with E-state index in [2.05, 4.69) is 15.6 Å². The SMILES string of the molecule is O=C(NCc1ccc(OCc2cccnc2)cc1)Nc1ccc2ccccc2c1. The summed E-state index contributed by atoms with van der Waals surface area (Å²) < 4.78 is 5.75. The van der Waals surface area contributed by atoms with Crippen LogP contribution in [0.2, 0.25) is 0 Å². The number of amides is 2. The predicted molar refractivity (Wildman–Crippen MR) is 115 cm³/mol. The van der Waals surface area contributed by atoms with Gasteiger partial charge in [-0.3, -0.25) is 4.98 Å². The Hall–Kier alpha value is -3.86. The second-order valence-electron chi connectivity index (χ2n) is 6.66. The molecular formula is C24H21N3O2. The number of anilines is 1. The lowest BCUT2D eigenvalue weighted by molar-refractivity contribution is 0.251. The van der Waals surface area contributed by atoms with E-state index in [1.54, 1.807) is 12.4 Å². The smallest absolute Gasteiger partial charge is 0.319 e. The lowest BCUT2D eigenvalue weighted by atomic mass is 10.1. The summed E-state index contributed by atoms with van der Waals surface area (Å²) in [5.74, 6) is 0.776. The fourth-order valence-electron chi connectivity index (χ4n) is 2.98. The van der Waals surface area contributed by atoms with Crippen LogP contribution in [0.25, 0.3) is 10.8 Å². The summed E-state index contributed by atoms with van der Waals surface area (Å²) in [6, 6.07) is 25.2. The fraction of sp³-hybridized carbons (Fsp3) is 0.0833. The number of hydrogen-bond acceptors (Lipinski definition) is 3. The third-order valence-corrected chi connectivity index (χ3v) is 4.51. The fourth-order valence-corrected chi connectivity index (χ4v) is 2.98. The maximum absolute atomic E-state index is 12.2. The van der Waals surface area contributed by atoms with Crippen LogP contribution in [0, 0.1) is 0 Å². The highest BCUT2D eigenvalue weighted by atomic mass is 16.5. The van der Waals surface area contributed by atoms with Crippen LogP contribution in [0.5, 0.6) is 5.75 Å². The molecule has 5 heteroatoms. The number of carbonyl (C=O) groups is 1. The predicted octanol–water partition coefficient (Wildman–Crippen LogP) is 5.14. The van der Waals surface area contributed by atoms with Crippen LogP contribution in [0.3, 0.4) is 0 Å². The number of urea groups is 1. The van der Waals surface area contributed by atoms with Gasteiger partial charge in [-0.25, -0.2) is 4.79 Å². The molecule has 29 heavy (non-hydrogen) atoms. The van der Waals surface area contributed by atoms with Crippen molar-refractivity contribution in [3.8, 4) is 5.75 Å². The normalized spacial score (nSPS) is 10.5. The number of nitrogens with zero attached hydrogens (tertiary/aromatic N) is 1. The number of hydrogen-bond donors (Lipinski definition) is 2. The van der Waals surface area contributed by atoms with Crippen LogP contribution < -0.4 is 15.4 Å². The van der Waals surface area contributed by atoms with Crippen LogP contribution in [0.15, 0.2) is 91.3 Å². The Morgan fingerprint density at radius 2 is 1.69 bits per heavy atom. The van der Waals surface area contributed by atoms with E-state index >= 15 is 0 Å². The molecule has 0 aliphatic carbocycles. The maximum Gasteiger partial charge on any atom is 0.319 e. The average Bonchev–Trinajstić information content (AvgIpc) is 2.77. The Morgan fingerprint density at radius 1 is 0.862 bits per heavy atom. The van der Waals surface area contributed by atoms with Gasteiger partial charge in [-0.2, -0.15) is 0 Å². The number of benzene rings is 3.